The second-order valence-electron chi connectivity index (χ2n) is 9.79. The van der Waals surface area contributed by atoms with Crippen LogP contribution >= 0.6 is 0 Å². The van der Waals surface area contributed by atoms with Crippen molar-refractivity contribution in [1.29, 1.82) is 0 Å². The first-order chi connectivity index (χ1) is 13.0. The van der Waals surface area contributed by atoms with Crippen LogP contribution in [0.2, 0.25) is 0 Å². The third-order valence-electron chi connectivity index (χ3n) is 7.54. The van der Waals surface area contributed by atoms with Crippen LogP contribution in [-0.2, 0) is 10.0 Å². The summed E-state index contributed by atoms with van der Waals surface area (Å²) in [6, 6.07) is 0.886. The third kappa shape index (κ3) is 6.17. The van der Waals surface area contributed by atoms with Crippen LogP contribution in [0, 0.1) is 17.8 Å². The molecule has 0 bridgehead atoms. The molecule has 0 amide bonds. The highest BCUT2D eigenvalue weighted by Crippen LogP contribution is 2.38. The molecule has 0 aromatic rings. The van der Waals surface area contributed by atoms with Gasteiger partial charge in [-0.05, 0) is 76.7 Å². The maximum Gasteiger partial charge on any atom is 0.214 e. The summed E-state index contributed by atoms with van der Waals surface area (Å²) in [5, 5.41) is 3.65. The molecule has 3 fully saturated rings. The summed E-state index contributed by atoms with van der Waals surface area (Å²) in [4.78, 5) is 0. The van der Waals surface area contributed by atoms with E-state index in [1.165, 1.54) is 57.8 Å². The van der Waals surface area contributed by atoms with Crippen LogP contribution in [0.15, 0.2) is 0 Å². The van der Waals surface area contributed by atoms with Crippen LogP contribution in [0.1, 0.15) is 97.3 Å². The number of nitrogens with one attached hydrogen (secondary N) is 2. The molecule has 3 aliphatic rings. The first-order valence-corrected chi connectivity index (χ1v) is 13.2. The Kier molecular flexibility index (Phi) is 8.04. The van der Waals surface area contributed by atoms with Gasteiger partial charge in [0.25, 0.3) is 0 Å². The highest BCUT2D eigenvalue weighted by molar-refractivity contribution is 7.90. The van der Waals surface area contributed by atoms with Gasteiger partial charge < -0.3 is 5.32 Å². The van der Waals surface area contributed by atoms with Crippen LogP contribution in [0.4, 0.5) is 0 Å². The van der Waals surface area contributed by atoms with E-state index in [9.17, 15) is 8.42 Å². The number of hydrogen-bond donors (Lipinski definition) is 2. The standard InChI is InChI=1S/C22H42N2O2S/c1-17(2)27(25,26)24-20-14-12-18(13-15-20)16-23-22-11-7-6-10-21(22)19-8-4-3-5-9-19/h17-24H,3-16H2,1-2H3/t18-,20-,21?,22?. The average Bonchev–Trinajstić information content (AvgIpc) is 2.68. The molecule has 0 aromatic heterocycles. The van der Waals surface area contributed by atoms with Crippen molar-refractivity contribution in [3.8, 4) is 0 Å². The molecule has 2 atom stereocenters. The lowest BCUT2D eigenvalue weighted by Crippen LogP contribution is -2.46. The van der Waals surface area contributed by atoms with Crippen molar-refractivity contribution >= 4 is 10.0 Å². The molecule has 0 aliphatic heterocycles. The van der Waals surface area contributed by atoms with Gasteiger partial charge in [0.1, 0.15) is 0 Å². The minimum atomic E-state index is -3.13. The predicted molar refractivity (Wildman–Crippen MR) is 113 cm³/mol. The van der Waals surface area contributed by atoms with Gasteiger partial charge in [0, 0.05) is 12.1 Å². The fourth-order valence-corrected chi connectivity index (χ4v) is 6.68. The lowest BCUT2D eigenvalue weighted by molar-refractivity contribution is 0.143. The van der Waals surface area contributed by atoms with E-state index in [-0.39, 0.29) is 11.3 Å². The highest BCUT2D eigenvalue weighted by atomic mass is 32.2. The van der Waals surface area contributed by atoms with E-state index in [0.717, 1.165) is 56.0 Å². The first-order valence-electron chi connectivity index (χ1n) is 11.7. The van der Waals surface area contributed by atoms with Crippen LogP contribution < -0.4 is 10.0 Å². The molecule has 0 saturated heterocycles. The maximum atomic E-state index is 12.1. The van der Waals surface area contributed by atoms with Crippen molar-refractivity contribution in [2.24, 2.45) is 17.8 Å². The fourth-order valence-electron chi connectivity index (χ4n) is 5.71. The summed E-state index contributed by atoms with van der Waals surface area (Å²) in [6.45, 7) is 4.65. The van der Waals surface area contributed by atoms with Gasteiger partial charge in [-0.2, -0.15) is 0 Å². The van der Waals surface area contributed by atoms with Crippen molar-refractivity contribution in [1.82, 2.24) is 10.0 Å². The van der Waals surface area contributed by atoms with E-state index < -0.39 is 10.0 Å². The largest absolute Gasteiger partial charge is 0.313 e. The molecule has 0 heterocycles. The summed E-state index contributed by atoms with van der Waals surface area (Å²) in [7, 11) is -3.13. The number of rotatable bonds is 7. The maximum absolute atomic E-state index is 12.1. The molecule has 2 N–H and O–H groups in total. The van der Waals surface area contributed by atoms with Crippen molar-refractivity contribution in [2.45, 2.75) is 115 Å². The molecule has 3 rings (SSSR count). The van der Waals surface area contributed by atoms with E-state index in [4.69, 9.17) is 0 Å². The Balaban J connectivity index is 1.42. The molecule has 3 saturated carbocycles. The Morgan fingerprint density at radius 2 is 1.44 bits per heavy atom. The molecule has 0 spiro atoms. The third-order valence-corrected chi connectivity index (χ3v) is 9.44. The topological polar surface area (TPSA) is 58.2 Å². The van der Waals surface area contributed by atoms with Crippen molar-refractivity contribution in [3.63, 3.8) is 0 Å². The number of hydrogen-bond acceptors (Lipinski definition) is 3. The van der Waals surface area contributed by atoms with E-state index >= 15 is 0 Å². The zero-order valence-electron chi connectivity index (χ0n) is 17.6. The van der Waals surface area contributed by atoms with Gasteiger partial charge in [-0.1, -0.05) is 44.9 Å². The highest BCUT2D eigenvalue weighted by Gasteiger charge is 2.33. The molecule has 2 unspecified atom stereocenters. The van der Waals surface area contributed by atoms with Crippen molar-refractivity contribution < 1.29 is 8.42 Å². The van der Waals surface area contributed by atoms with Gasteiger partial charge in [-0.25, -0.2) is 13.1 Å². The van der Waals surface area contributed by atoms with Crippen LogP contribution in [0.3, 0.4) is 0 Å². The summed E-state index contributed by atoms with van der Waals surface area (Å²) >= 11 is 0. The van der Waals surface area contributed by atoms with E-state index in [1.807, 2.05) is 0 Å². The van der Waals surface area contributed by atoms with Gasteiger partial charge in [0.05, 0.1) is 5.25 Å². The molecule has 3 aliphatic carbocycles. The average molecular weight is 399 g/mol. The van der Waals surface area contributed by atoms with Crippen LogP contribution in [-0.4, -0.2) is 32.3 Å². The van der Waals surface area contributed by atoms with Crippen LogP contribution in [0.5, 0.6) is 0 Å². The van der Waals surface area contributed by atoms with Gasteiger partial charge in [-0.15, -0.1) is 0 Å². The van der Waals surface area contributed by atoms with E-state index in [0.29, 0.717) is 0 Å². The summed E-state index contributed by atoms with van der Waals surface area (Å²) in [5.74, 6) is 2.60. The van der Waals surface area contributed by atoms with Gasteiger partial charge in [0.2, 0.25) is 10.0 Å². The summed E-state index contributed by atoms with van der Waals surface area (Å²) < 4.78 is 27.1. The summed E-state index contributed by atoms with van der Waals surface area (Å²) in [5.41, 5.74) is 0. The fraction of sp³-hybridized carbons (Fsp3) is 1.00. The normalized spacial score (nSPS) is 34.0. The van der Waals surface area contributed by atoms with Gasteiger partial charge >= 0.3 is 0 Å². The SMILES string of the molecule is CC(C)S(=O)(=O)N[C@H]1CC[C@H](CNC2CCCCC2C2CCCCC2)CC1. The molecular weight excluding hydrogens is 356 g/mol. The Morgan fingerprint density at radius 1 is 0.815 bits per heavy atom. The minimum absolute atomic E-state index is 0.151. The second kappa shape index (κ2) is 10.1. The molecule has 0 aromatic carbocycles. The Labute approximate surface area is 167 Å². The Bertz CT molecular complexity index is 535. The zero-order valence-corrected chi connectivity index (χ0v) is 18.4. The Hall–Kier alpha value is -0.130. The zero-order chi connectivity index (χ0) is 19.3. The lowest BCUT2D eigenvalue weighted by Gasteiger charge is -2.40. The minimum Gasteiger partial charge on any atom is -0.313 e. The monoisotopic (exact) mass is 398 g/mol. The molecule has 4 nitrogen and oxygen atoms in total. The van der Waals surface area contributed by atoms with Crippen molar-refractivity contribution in [2.75, 3.05) is 6.54 Å². The Morgan fingerprint density at radius 3 is 2.11 bits per heavy atom. The van der Waals surface area contributed by atoms with Gasteiger partial charge in [0.15, 0.2) is 0 Å². The van der Waals surface area contributed by atoms with E-state index in [2.05, 4.69) is 10.0 Å². The van der Waals surface area contributed by atoms with E-state index in [1.54, 1.807) is 13.8 Å². The molecule has 0 radical (unpaired) electrons. The predicted octanol–water partition coefficient (Wildman–Crippen LogP) is 4.60. The second-order valence-corrected chi connectivity index (χ2v) is 12.1. The molecule has 27 heavy (non-hydrogen) atoms. The lowest BCUT2D eigenvalue weighted by atomic mass is 9.71. The van der Waals surface area contributed by atoms with Crippen molar-refractivity contribution in [3.05, 3.63) is 0 Å². The molecule has 158 valence electrons. The first kappa shape index (κ1) is 21.6. The molecular formula is C22H42N2O2S. The van der Waals surface area contributed by atoms with Gasteiger partial charge in [-0.3, -0.25) is 0 Å². The van der Waals surface area contributed by atoms with Crippen LogP contribution in [0.25, 0.3) is 0 Å². The molecule has 5 heteroatoms. The number of sulfonamides is 1. The summed E-state index contributed by atoms with van der Waals surface area (Å²) in [6.07, 6.45) is 17.2. The smallest absolute Gasteiger partial charge is 0.214 e. The quantitative estimate of drug-likeness (QED) is 0.659.